The Morgan fingerprint density at radius 3 is 1.76 bits per heavy atom. The quantitative estimate of drug-likeness (QED) is 0.663. The summed E-state index contributed by atoms with van der Waals surface area (Å²) < 4.78 is 0. The Kier molecular flexibility index (Phi) is 5.45. The molecule has 0 spiro atoms. The van der Waals surface area contributed by atoms with Crippen molar-refractivity contribution in [3.63, 3.8) is 0 Å². The number of hydrogen-bond donors (Lipinski definition) is 2. The van der Waals surface area contributed by atoms with Crippen molar-refractivity contribution in [1.82, 2.24) is 4.98 Å². The van der Waals surface area contributed by atoms with Crippen molar-refractivity contribution in [2.45, 2.75) is 51.4 Å². The summed E-state index contributed by atoms with van der Waals surface area (Å²) in [6.07, 6.45) is 2.29. The first-order valence-corrected chi connectivity index (χ1v) is 13.1. The molecule has 0 aromatic heterocycles. The molecule has 1 aliphatic carbocycles. The lowest BCUT2D eigenvalue weighted by Gasteiger charge is -2.42. The molecule has 1 unspecified atom stereocenters. The van der Waals surface area contributed by atoms with Crippen LogP contribution in [-0.4, -0.2) is 19.2 Å². The van der Waals surface area contributed by atoms with Crippen molar-refractivity contribution in [3.8, 4) is 0 Å². The van der Waals surface area contributed by atoms with Crippen LogP contribution in [0, 0.1) is 0 Å². The predicted octanol–water partition coefficient (Wildman–Crippen LogP) is 5.30. The fourth-order valence-corrected chi connectivity index (χ4v) is 6.99. The maximum atomic E-state index is 13.7. The molecule has 2 N–H and O–H groups in total. The Hall–Kier alpha value is -2.43. The summed E-state index contributed by atoms with van der Waals surface area (Å²) in [5, 5.41) is 11.6. The van der Waals surface area contributed by atoms with Crippen LogP contribution in [0.2, 0.25) is 18.1 Å². The fourth-order valence-electron chi connectivity index (χ4n) is 4.28. The minimum atomic E-state index is -2.37. The molecule has 0 fully saturated rings. The molecule has 0 radical (unpaired) electrons. The molecule has 2 aromatic carbocycles. The predicted molar refractivity (Wildman–Crippen MR) is 122 cm³/mol. The van der Waals surface area contributed by atoms with Crippen LogP contribution in [0.25, 0.3) is 0 Å². The molecule has 1 atom stereocenters. The zero-order valence-electron chi connectivity index (χ0n) is 18.2. The molecular weight excluding hydrogens is 374 g/mol. The molecule has 0 aliphatic heterocycles. The third kappa shape index (κ3) is 3.41. The molecule has 4 heteroatoms. The van der Waals surface area contributed by atoms with E-state index in [1.807, 2.05) is 36.4 Å². The van der Waals surface area contributed by atoms with Crippen LogP contribution >= 0.6 is 0 Å². The van der Waals surface area contributed by atoms with Gasteiger partial charge in [-0.3, -0.25) is 4.79 Å². The van der Waals surface area contributed by atoms with Gasteiger partial charge in [-0.05, 0) is 37.5 Å². The Morgan fingerprint density at radius 1 is 0.931 bits per heavy atom. The lowest BCUT2D eigenvalue weighted by atomic mass is 9.86. The van der Waals surface area contributed by atoms with Gasteiger partial charge in [-0.1, -0.05) is 97.9 Å². The van der Waals surface area contributed by atoms with Crippen LogP contribution in [0.3, 0.4) is 0 Å². The highest BCUT2D eigenvalue weighted by Gasteiger charge is 2.50. The highest BCUT2D eigenvalue weighted by Crippen LogP contribution is 2.52. The van der Waals surface area contributed by atoms with Crippen molar-refractivity contribution in [1.29, 1.82) is 0 Å². The van der Waals surface area contributed by atoms with Crippen molar-refractivity contribution in [3.05, 3.63) is 94.6 Å². The van der Waals surface area contributed by atoms with E-state index in [4.69, 9.17) is 0 Å². The van der Waals surface area contributed by atoms with E-state index in [1.54, 1.807) is 24.3 Å². The second-order valence-electron chi connectivity index (χ2n) is 8.80. The zero-order chi connectivity index (χ0) is 21.4. The van der Waals surface area contributed by atoms with Crippen molar-refractivity contribution < 1.29 is 9.90 Å². The van der Waals surface area contributed by atoms with E-state index in [0.29, 0.717) is 11.1 Å². The van der Waals surface area contributed by atoms with Gasteiger partial charge < -0.3 is 10.1 Å². The number of rotatable bonds is 5. The second-order valence-corrected chi connectivity index (χ2v) is 13.3. The normalized spacial score (nSPS) is 19.9. The third-order valence-electron chi connectivity index (χ3n) is 6.87. The first-order valence-electron chi connectivity index (χ1n) is 10.1. The maximum absolute atomic E-state index is 13.7. The first kappa shape index (κ1) is 21.3. The highest BCUT2D eigenvalue weighted by molar-refractivity contribution is 6.81. The van der Waals surface area contributed by atoms with Crippen LogP contribution in [-0.2, 0) is 10.4 Å². The summed E-state index contributed by atoms with van der Waals surface area (Å²) in [4.78, 5) is 17.0. The minimum Gasteiger partial charge on any atom is -0.378 e. The molecule has 29 heavy (non-hydrogen) atoms. The average molecular weight is 406 g/mol. The summed E-state index contributed by atoms with van der Waals surface area (Å²) in [5.41, 5.74) is 3.26. The van der Waals surface area contributed by atoms with E-state index in [0.717, 1.165) is 0 Å². The van der Waals surface area contributed by atoms with Gasteiger partial charge in [0.05, 0.1) is 0 Å². The van der Waals surface area contributed by atoms with E-state index >= 15 is 0 Å². The minimum absolute atomic E-state index is 0.203. The highest BCUT2D eigenvalue weighted by atomic mass is 28.3. The largest absolute Gasteiger partial charge is 0.378 e. The number of carbonyl (C=O) groups is 1. The van der Waals surface area contributed by atoms with Gasteiger partial charge in [0, 0.05) is 5.04 Å². The van der Waals surface area contributed by atoms with Crippen molar-refractivity contribution >= 4 is 14.1 Å². The number of nitrogens with one attached hydrogen (secondary N) is 1. The smallest absolute Gasteiger partial charge is 0.253 e. The molecule has 2 aromatic rings. The summed E-state index contributed by atoms with van der Waals surface area (Å²) >= 11 is 0. The van der Waals surface area contributed by atoms with Crippen LogP contribution in [0.4, 0.5) is 0 Å². The van der Waals surface area contributed by atoms with Crippen LogP contribution < -0.4 is 4.98 Å². The standard InChI is InChI=1S/C25H31NO2Si/c1-18-17-24(4,20(3)19(18)2)29(5,6)26-23(27)25(28,21-13-9-7-10-14-21)22-15-11-8-12-16-22/h7-17,28H,1-6H3,(H,26,27). The fraction of sp³-hybridized carbons (Fsp3) is 0.320. The summed E-state index contributed by atoms with van der Waals surface area (Å²) in [6, 6.07) is 18.4. The lowest BCUT2D eigenvalue weighted by Crippen LogP contribution is -2.60. The van der Waals surface area contributed by atoms with Crippen LogP contribution in [0.5, 0.6) is 0 Å². The first-order chi connectivity index (χ1) is 13.5. The molecule has 1 aliphatic rings. The van der Waals surface area contributed by atoms with Crippen LogP contribution in [0.15, 0.2) is 83.5 Å². The monoisotopic (exact) mass is 405 g/mol. The van der Waals surface area contributed by atoms with Gasteiger partial charge in [0.25, 0.3) is 5.91 Å². The van der Waals surface area contributed by atoms with Gasteiger partial charge in [0.2, 0.25) is 0 Å². The summed E-state index contributed by atoms with van der Waals surface area (Å²) in [7, 11) is -2.37. The second kappa shape index (κ2) is 7.43. The number of allylic oxidation sites excluding steroid dienone is 4. The Bertz CT molecular complexity index is 937. The average Bonchev–Trinajstić information content (AvgIpc) is 2.92. The SMILES string of the molecule is CC1=CC(C)([Si](C)(C)NC(=O)C(O)(c2ccccc2)c2ccccc2)C(C)=C1C. The number of carbonyl (C=O) groups excluding carboxylic acids is 1. The molecule has 0 bridgehead atoms. The Labute approximate surface area is 175 Å². The van der Waals surface area contributed by atoms with E-state index < -0.39 is 13.8 Å². The molecule has 0 saturated carbocycles. The molecule has 3 nitrogen and oxygen atoms in total. The lowest BCUT2D eigenvalue weighted by molar-refractivity contribution is -0.135. The van der Waals surface area contributed by atoms with Gasteiger partial charge in [-0.15, -0.1) is 0 Å². The van der Waals surface area contributed by atoms with Crippen molar-refractivity contribution in [2.24, 2.45) is 0 Å². The van der Waals surface area contributed by atoms with E-state index in [1.165, 1.54) is 16.7 Å². The number of aliphatic hydroxyl groups is 1. The molecule has 1 amide bonds. The van der Waals surface area contributed by atoms with Gasteiger partial charge in [-0.25, -0.2) is 0 Å². The molecule has 152 valence electrons. The molecule has 0 heterocycles. The molecule has 3 rings (SSSR count). The van der Waals surface area contributed by atoms with E-state index in [9.17, 15) is 9.90 Å². The van der Waals surface area contributed by atoms with Gasteiger partial charge in [0.15, 0.2) is 13.8 Å². The van der Waals surface area contributed by atoms with Gasteiger partial charge in [0.1, 0.15) is 0 Å². The third-order valence-corrected chi connectivity index (χ3v) is 10.8. The zero-order valence-corrected chi connectivity index (χ0v) is 19.2. The number of benzene rings is 2. The summed E-state index contributed by atoms with van der Waals surface area (Å²) in [6.45, 7) is 13.0. The van der Waals surface area contributed by atoms with E-state index in [2.05, 4.69) is 51.8 Å². The Balaban J connectivity index is 2.05. The number of hydrogen-bond acceptors (Lipinski definition) is 2. The summed E-state index contributed by atoms with van der Waals surface area (Å²) in [5.74, 6) is -0.365. The Morgan fingerprint density at radius 2 is 1.38 bits per heavy atom. The van der Waals surface area contributed by atoms with Gasteiger partial charge in [-0.2, -0.15) is 0 Å². The van der Waals surface area contributed by atoms with E-state index in [-0.39, 0.29) is 10.9 Å². The number of amides is 1. The van der Waals surface area contributed by atoms with Crippen molar-refractivity contribution in [2.75, 3.05) is 0 Å². The topological polar surface area (TPSA) is 49.3 Å². The molecular formula is C25H31NO2Si. The van der Waals surface area contributed by atoms with Gasteiger partial charge >= 0.3 is 0 Å². The maximum Gasteiger partial charge on any atom is 0.253 e. The van der Waals surface area contributed by atoms with Crippen LogP contribution in [0.1, 0.15) is 38.8 Å². The molecule has 0 saturated heterocycles.